The molecule has 20 nitrogen and oxygen atoms in total. The lowest BCUT2D eigenvalue weighted by molar-refractivity contribution is -0.150. The van der Waals surface area contributed by atoms with Crippen molar-refractivity contribution in [2.75, 3.05) is 17.2 Å². The summed E-state index contributed by atoms with van der Waals surface area (Å²) in [4.78, 5) is 108. The van der Waals surface area contributed by atoms with E-state index in [1.54, 1.807) is 0 Å². The minimum atomic E-state index is -1.82. The molecular weight excluding hydrogens is 817 g/mol. The van der Waals surface area contributed by atoms with Crippen LogP contribution >= 0.6 is 58.2 Å². The number of H-pyrrole nitrogens is 1. The van der Waals surface area contributed by atoms with E-state index in [4.69, 9.17) is 20.0 Å². The number of hydrogen-bond acceptors (Lipinski definition) is 19. The van der Waals surface area contributed by atoms with Crippen molar-refractivity contribution < 1.29 is 63.2 Å². The van der Waals surface area contributed by atoms with Crippen molar-refractivity contribution in [2.24, 2.45) is 5.16 Å². The number of benzene rings is 1. The number of β-lactam (4-membered cyclic amide) rings is 1. The minimum absolute atomic E-state index is 0.0123. The molecule has 1 fully saturated rings. The summed E-state index contributed by atoms with van der Waals surface area (Å²) in [5.41, 5.74) is 1.86. The molecule has 1 aromatic carbocycles. The Balaban J connectivity index is 1.34. The van der Waals surface area contributed by atoms with Crippen molar-refractivity contribution in [3.63, 3.8) is 0 Å². The van der Waals surface area contributed by atoms with Crippen LogP contribution in [0.3, 0.4) is 0 Å². The van der Waals surface area contributed by atoms with Crippen molar-refractivity contribution in [2.45, 2.75) is 39.8 Å². The summed E-state index contributed by atoms with van der Waals surface area (Å²) in [6.07, 6.45) is 0. The number of aromatic amines is 1. The molecule has 1 saturated heterocycles. The van der Waals surface area contributed by atoms with Crippen molar-refractivity contribution in [3.8, 4) is 11.5 Å². The summed E-state index contributed by atoms with van der Waals surface area (Å²) >= 11 is 4.31. The Labute approximate surface area is 322 Å². The molecule has 3 atom stereocenters. The molecule has 284 valence electrons. The zero-order chi connectivity index (χ0) is 39.4. The van der Waals surface area contributed by atoms with E-state index in [2.05, 4.69) is 19.8 Å². The Hall–Kier alpha value is -5.37. The standard InChI is InChI=1S/C29H24N6O14S5/c1-9(36)47-14-4-3-12(5-15(14)48-10(2)37)53-27(26(45)46)49-33-17(13-8-52-29(30)31-13)21(39)32-18-22(40)35-19(25(43)44)11(6-50-23(18)35)7-51-28-16(24(41)42)20(38)34-54-28/h3-5,8,18,23,27H,6-7H2,1-2H3,(H2,30,31)(H,32,39)(H,34,38)(H,41,42)(H,43,44)(H,45,46)/t18-,23+,27-/m1/s1. The van der Waals surface area contributed by atoms with Gasteiger partial charge in [0.15, 0.2) is 27.9 Å². The van der Waals surface area contributed by atoms with Gasteiger partial charge < -0.3 is 40.7 Å². The first-order chi connectivity index (χ1) is 25.5. The van der Waals surface area contributed by atoms with Gasteiger partial charge in [-0.3, -0.25) is 33.2 Å². The lowest BCUT2D eigenvalue weighted by Crippen LogP contribution is -2.71. The molecule has 0 radical (unpaired) electrons. The molecule has 3 aromatic rings. The van der Waals surface area contributed by atoms with Crippen LogP contribution in [0, 0.1) is 0 Å². The second kappa shape index (κ2) is 16.8. The molecule has 2 aliphatic heterocycles. The van der Waals surface area contributed by atoms with Crippen molar-refractivity contribution >= 4 is 111 Å². The maximum atomic E-state index is 13.6. The second-order valence-electron chi connectivity index (χ2n) is 10.6. The van der Waals surface area contributed by atoms with Crippen LogP contribution in [0.5, 0.6) is 11.5 Å². The number of aliphatic carboxylic acids is 2. The number of oxime groups is 1. The molecule has 0 spiro atoms. The van der Waals surface area contributed by atoms with E-state index in [1.807, 2.05) is 0 Å². The van der Waals surface area contributed by atoms with Gasteiger partial charge in [0.1, 0.15) is 22.8 Å². The van der Waals surface area contributed by atoms with E-state index in [0.717, 1.165) is 65.1 Å². The SMILES string of the molecule is CC(=O)Oc1ccc(S[C@@H](ON=C(C(=O)N[C@@H]2C(=O)N3C(C(=O)O)=C(CSc4s[nH]c(=O)c4C(=O)O)CS[C@@H]23)c2csc(N)n2)C(=O)O)cc1OC(C)=O. The molecule has 0 unspecified atom stereocenters. The zero-order valence-electron chi connectivity index (χ0n) is 27.2. The predicted octanol–water partition coefficient (Wildman–Crippen LogP) is 1.48. The lowest BCUT2D eigenvalue weighted by atomic mass is 10.0. The number of thioether (sulfide) groups is 3. The maximum absolute atomic E-state index is 13.6. The average Bonchev–Trinajstić information content (AvgIpc) is 3.70. The van der Waals surface area contributed by atoms with Gasteiger partial charge in [0.2, 0.25) is 0 Å². The van der Waals surface area contributed by atoms with Gasteiger partial charge in [-0.15, -0.1) is 34.9 Å². The molecule has 5 rings (SSSR count). The Morgan fingerprint density at radius 2 is 1.80 bits per heavy atom. The smallest absolute Gasteiger partial charge is 0.358 e. The number of thiazole rings is 1. The number of anilines is 1. The Bertz CT molecular complexity index is 2200. The molecule has 7 N–H and O–H groups in total. The van der Waals surface area contributed by atoms with E-state index in [9.17, 15) is 53.7 Å². The molecule has 0 aliphatic carbocycles. The third kappa shape index (κ3) is 8.87. The van der Waals surface area contributed by atoms with Gasteiger partial charge in [0.05, 0.1) is 4.21 Å². The first-order valence-corrected chi connectivity index (χ1v) is 19.3. The summed E-state index contributed by atoms with van der Waals surface area (Å²) in [6.45, 7) is 2.23. The van der Waals surface area contributed by atoms with E-state index in [1.165, 1.54) is 23.6 Å². The van der Waals surface area contributed by atoms with Crippen molar-refractivity contribution in [3.05, 3.63) is 56.5 Å². The molecule has 54 heavy (non-hydrogen) atoms. The van der Waals surface area contributed by atoms with E-state index in [0.29, 0.717) is 11.8 Å². The van der Waals surface area contributed by atoms with Crippen LogP contribution < -0.4 is 26.1 Å². The number of rotatable bonds is 15. The van der Waals surface area contributed by atoms with Crippen LogP contribution in [0.25, 0.3) is 0 Å². The number of carbonyl (C=O) groups is 7. The molecule has 0 bridgehead atoms. The fourth-order valence-corrected chi connectivity index (χ4v) is 9.46. The Morgan fingerprint density at radius 1 is 1.09 bits per heavy atom. The predicted molar refractivity (Wildman–Crippen MR) is 193 cm³/mol. The first kappa shape index (κ1) is 39.8. The highest BCUT2D eigenvalue weighted by molar-refractivity contribution is 8.02. The number of nitrogens with two attached hydrogens (primary N) is 1. The highest BCUT2D eigenvalue weighted by Gasteiger charge is 2.54. The second-order valence-corrected chi connectivity index (χ2v) is 15.8. The number of carboxylic acids is 3. The first-order valence-electron chi connectivity index (χ1n) is 14.7. The van der Waals surface area contributed by atoms with Crippen LogP contribution in [-0.4, -0.2) is 105 Å². The number of hydrogen-bond donors (Lipinski definition) is 6. The summed E-state index contributed by atoms with van der Waals surface area (Å²) in [5, 5.41) is 35.9. The minimum Gasteiger partial charge on any atom is -0.478 e. The number of nitrogens with zero attached hydrogens (tertiary/aromatic N) is 3. The van der Waals surface area contributed by atoms with Gasteiger partial charge in [0.25, 0.3) is 22.8 Å². The maximum Gasteiger partial charge on any atom is 0.358 e. The molecule has 25 heteroatoms. The summed E-state index contributed by atoms with van der Waals surface area (Å²) in [7, 11) is 0. The molecule has 2 aliphatic rings. The molecule has 2 amide bonds. The molecule has 4 heterocycles. The van der Waals surface area contributed by atoms with Crippen LogP contribution in [-0.2, 0) is 33.6 Å². The van der Waals surface area contributed by atoms with Gasteiger partial charge in [-0.05, 0) is 23.8 Å². The van der Waals surface area contributed by atoms with Gasteiger partial charge in [0, 0.05) is 35.6 Å². The summed E-state index contributed by atoms with van der Waals surface area (Å²) < 4.78 is 12.5. The van der Waals surface area contributed by atoms with Gasteiger partial charge >= 0.3 is 29.8 Å². The molecular formula is C29H24N6O14S5. The largest absolute Gasteiger partial charge is 0.478 e. The fourth-order valence-electron chi connectivity index (χ4n) is 4.71. The Morgan fingerprint density at radius 3 is 2.41 bits per heavy atom. The third-order valence-electron chi connectivity index (χ3n) is 6.88. The highest BCUT2D eigenvalue weighted by atomic mass is 32.2. The van der Waals surface area contributed by atoms with Crippen molar-refractivity contribution in [1.29, 1.82) is 0 Å². The van der Waals surface area contributed by atoms with Crippen LogP contribution in [0.4, 0.5) is 5.13 Å². The van der Waals surface area contributed by atoms with Crippen LogP contribution in [0.15, 0.2) is 53.9 Å². The number of carbonyl (C=O) groups excluding carboxylic acids is 4. The van der Waals surface area contributed by atoms with Crippen LogP contribution in [0.2, 0.25) is 0 Å². The normalized spacial score (nSPS) is 17.2. The topological polar surface area (TPSA) is 307 Å². The van der Waals surface area contributed by atoms with E-state index < -0.39 is 75.3 Å². The van der Waals surface area contributed by atoms with E-state index >= 15 is 0 Å². The quantitative estimate of drug-likeness (QED) is 0.0240. The number of ether oxygens (including phenoxy) is 2. The Kier molecular flexibility index (Phi) is 12.4. The van der Waals surface area contributed by atoms with Gasteiger partial charge in [-0.1, -0.05) is 28.5 Å². The number of nitrogen functional groups attached to an aromatic ring is 1. The van der Waals surface area contributed by atoms with Gasteiger partial charge in [-0.2, -0.15) is 0 Å². The zero-order valence-corrected chi connectivity index (χ0v) is 31.3. The van der Waals surface area contributed by atoms with Gasteiger partial charge in [-0.25, -0.2) is 19.4 Å². The number of fused-ring (bicyclic) bond motifs is 1. The highest BCUT2D eigenvalue weighted by Crippen LogP contribution is 2.42. The summed E-state index contributed by atoms with van der Waals surface area (Å²) in [5.74, 6) is -8.02. The molecule has 2 aromatic heterocycles. The number of amides is 2. The number of esters is 2. The van der Waals surface area contributed by atoms with Crippen LogP contribution in [0.1, 0.15) is 29.9 Å². The average molecular weight is 841 g/mol. The third-order valence-corrected chi connectivity index (χ3v) is 12.2. The monoisotopic (exact) mass is 840 g/mol. The van der Waals surface area contributed by atoms with Crippen molar-refractivity contribution in [1.82, 2.24) is 19.6 Å². The number of aromatic carboxylic acids is 1. The van der Waals surface area contributed by atoms with E-state index in [-0.39, 0.29) is 54.2 Å². The number of carboxylic acid groups (broad SMARTS) is 3. The number of nitrogens with one attached hydrogen (secondary N) is 2. The fraction of sp³-hybridized carbons (Fsp3) is 0.241. The molecule has 0 saturated carbocycles. The lowest BCUT2D eigenvalue weighted by Gasteiger charge is -2.49. The summed E-state index contributed by atoms with van der Waals surface area (Å²) in [6, 6.07) is 2.57. The number of aromatic nitrogens is 2.